The highest BCUT2D eigenvalue weighted by Gasteiger charge is 2.27. The molecule has 1 amide bonds. The van der Waals surface area contributed by atoms with Crippen molar-refractivity contribution >= 4 is 5.91 Å². The van der Waals surface area contributed by atoms with Gasteiger partial charge in [-0.1, -0.05) is 18.2 Å². The molecule has 2 atom stereocenters. The van der Waals surface area contributed by atoms with Gasteiger partial charge in [0.2, 0.25) is 11.8 Å². The molecule has 1 aliphatic rings. The number of carbonyl (C=O) groups is 1. The Kier molecular flexibility index (Phi) is 4.24. The van der Waals surface area contributed by atoms with E-state index in [4.69, 9.17) is 9.15 Å². The summed E-state index contributed by atoms with van der Waals surface area (Å²) in [6.07, 6.45) is 1.90. The molecule has 0 spiro atoms. The maximum absolute atomic E-state index is 12.5. The van der Waals surface area contributed by atoms with Crippen molar-refractivity contribution in [2.75, 3.05) is 13.2 Å². The summed E-state index contributed by atoms with van der Waals surface area (Å²) in [4.78, 5) is 18.7. The maximum Gasteiger partial charge on any atom is 0.229 e. The number of aromatic nitrogens is 1. The lowest BCUT2D eigenvalue weighted by atomic mass is 10.1. The average molecular weight is 300 g/mol. The van der Waals surface area contributed by atoms with Crippen molar-refractivity contribution in [1.82, 2.24) is 9.88 Å². The molecule has 1 aliphatic heterocycles. The van der Waals surface area contributed by atoms with Crippen LogP contribution in [0.5, 0.6) is 0 Å². The summed E-state index contributed by atoms with van der Waals surface area (Å²) in [6.45, 7) is 5.20. The minimum Gasteiger partial charge on any atom is -0.444 e. The van der Waals surface area contributed by atoms with Crippen LogP contribution in [0, 0.1) is 0 Å². The molecule has 0 N–H and O–H groups in total. The van der Waals surface area contributed by atoms with Gasteiger partial charge in [-0.15, -0.1) is 0 Å². The van der Waals surface area contributed by atoms with Gasteiger partial charge in [-0.05, 0) is 26.0 Å². The van der Waals surface area contributed by atoms with Crippen molar-refractivity contribution in [2.45, 2.75) is 32.4 Å². The standard InChI is InChI=1S/C17H20N2O3/c1-12-10-21-13(2)9-19(12)16(20)8-15-11-22-17(18-15)14-6-4-3-5-7-14/h3-7,11-13H,8-10H2,1-2H3. The van der Waals surface area contributed by atoms with Crippen LogP contribution in [0.15, 0.2) is 41.0 Å². The van der Waals surface area contributed by atoms with Gasteiger partial charge in [-0.2, -0.15) is 0 Å². The number of nitrogens with zero attached hydrogens (tertiary/aromatic N) is 2. The number of oxazole rings is 1. The van der Waals surface area contributed by atoms with Crippen LogP contribution in [0.25, 0.3) is 11.5 Å². The lowest BCUT2D eigenvalue weighted by Gasteiger charge is -2.36. The molecular formula is C17H20N2O3. The van der Waals surface area contributed by atoms with Crippen LogP contribution in [-0.4, -0.2) is 41.1 Å². The second-order valence-electron chi connectivity index (χ2n) is 5.73. The Hall–Kier alpha value is -2.14. The smallest absolute Gasteiger partial charge is 0.229 e. The predicted octanol–water partition coefficient (Wildman–Crippen LogP) is 2.52. The minimum atomic E-state index is 0.0653. The molecule has 22 heavy (non-hydrogen) atoms. The van der Waals surface area contributed by atoms with E-state index in [9.17, 15) is 4.79 Å². The fourth-order valence-corrected chi connectivity index (χ4v) is 2.61. The van der Waals surface area contributed by atoms with Crippen LogP contribution in [0.4, 0.5) is 0 Å². The fourth-order valence-electron chi connectivity index (χ4n) is 2.61. The van der Waals surface area contributed by atoms with E-state index < -0.39 is 0 Å². The summed E-state index contributed by atoms with van der Waals surface area (Å²) in [5, 5.41) is 0. The monoisotopic (exact) mass is 300 g/mol. The molecule has 1 fully saturated rings. The number of hydrogen-bond acceptors (Lipinski definition) is 4. The van der Waals surface area contributed by atoms with E-state index in [0.29, 0.717) is 24.7 Å². The maximum atomic E-state index is 12.5. The molecule has 5 heteroatoms. The molecule has 116 valence electrons. The molecule has 0 saturated carbocycles. The third-order valence-corrected chi connectivity index (χ3v) is 3.83. The third-order valence-electron chi connectivity index (χ3n) is 3.83. The van der Waals surface area contributed by atoms with Gasteiger partial charge in [0, 0.05) is 12.1 Å². The van der Waals surface area contributed by atoms with E-state index in [-0.39, 0.29) is 24.5 Å². The lowest BCUT2D eigenvalue weighted by Crippen LogP contribution is -2.50. The Bertz CT molecular complexity index is 638. The van der Waals surface area contributed by atoms with E-state index >= 15 is 0 Å². The van der Waals surface area contributed by atoms with Gasteiger partial charge in [-0.3, -0.25) is 4.79 Å². The highest BCUT2D eigenvalue weighted by molar-refractivity contribution is 5.78. The van der Waals surface area contributed by atoms with E-state index in [1.54, 1.807) is 6.26 Å². The van der Waals surface area contributed by atoms with Crippen molar-refractivity contribution in [3.8, 4) is 11.5 Å². The molecule has 5 nitrogen and oxygen atoms in total. The van der Waals surface area contributed by atoms with Gasteiger partial charge >= 0.3 is 0 Å². The number of hydrogen-bond donors (Lipinski definition) is 0. The number of morpholine rings is 1. The summed E-state index contributed by atoms with van der Waals surface area (Å²) in [7, 11) is 0. The number of carbonyl (C=O) groups excluding carboxylic acids is 1. The first-order valence-electron chi connectivity index (χ1n) is 7.54. The SMILES string of the molecule is CC1CN(C(=O)Cc2coc(-c3ccccc3)n2)C(C)CO1. The zero-order chi connectivity index (χ0) is 15.5. The van der Waals surface area contributed by atoms with Crippen LogP contribution in [0.3, 0.4) is 0 Å². The molecule has 0 aliphatic carbocycles. The van der Waals surface area contributed by atoms with Crippen LogP contribution in [0.2, 0.25) is 0 Å². The zero-order valence-electron chi connectivity index (χ0n) is 12.9. The molecule has 2 unspecified atom stereocenters. The summed E-state index contributed by atoms with van der Waals surface area (Å²) < 4.78 is 11.0. The second kappa shape index (κ2) is 6.32. The van der Waals surface area contributed by atoms with Crippen LogP contribution in [0.1, 0.15) is 19.5 Å². The Morgan fingerprint density at radius 1 is 1.32 bits per heavy atom. The molecule has 0 radical (unpaired) electrons. The fraction of sp³-hybridized carbons (Fsp3) is 0.412. The van der Waals surface area contributed by atoms with Crippen molar-refractivity contribution in [2.24, 2.45) is 0 Å². The van der Waals surface area contributed by atoms with Crippen LogP contribution in [-0.2, 0) is 16.0 Å². The molecular weight excluding hydrogens is 280 g/mol. The number of ether oxygens (including phenoxy) is 1. The van der Waals surface area contributed by atoms with Gasteiger partial charge in [0.05, 0.1) is 30.9 Å². The van der Waals surface area contributed by atoms with Crippen molar-refractivity contribution in [1.29, 1.82) is 0 Å². The first kappa shape index (κ1) is 14.8. The number of amides is 1. The zero-order valence-corrected chi connectivity index (χ0v) is 12.9. The summed E-state index contributed by atoms with van der Waals surface area (Å²) >= 11 is 0. The molecule has 1 saturated heterocycles. The number of rotatable bonds is 3. The quantitative estimate of drug-likeness (QED) is 0.874. The lowest BCUT2D eigenvalue weighted by molar-refractivity contribution is -0.142. The predicted molar refractivity (Wildman–Crippen MR) is 82.2 cm³/mol. The Balaban J connectivity index is 1.68. The van der Waals surface area contributed by atoms with E-state index in [0.717, 1.165) is 5.56 Å². The van der Waals surface area contributed by atoms with Gasteiger partial charge < -0.3 is 14.1 Å². The highest BCUT2D eigenvalue weighted by atomic mass is 16.5. The third kappa shape index (κ3) is 3.20. The molecule has 2 aromatic rings. The first-order valence-corrected chi connectivity index (χ1v) is 7.54. The number of benzene rings is 1. The van der Waals surface area contributed by atoms with Gasteiger partial charge in [0.25, 0.3) is 0 Å². The summed E-state index contributed by atoms with van der Waals surface area (Å²) in [5.41, 5.74) is 1.57. The van der Waals surface area contributed by atoms with Crippen molar-refractivity contribution in [3.63, 3.8) is 0 Å². The topological polar surface area (TPSA) is 55.6 Å². The van der Waals surface area contributed by atoms with Crippen molar-refractivity contribution < 1.29 is 13.9 Å². The van der Waals surface area contributed by atoms with E-state index in [1.807, 2.05) is 49.1 Å². The Morgan fingerprint density at radius 3 is 2.86 bits per heavy atom. The van der Waals surface area contributed by atoms with Crippen LogP contribution >= 0.6 is 0 Å². The molecule has 0 bridgehead atoms. The highest BCUT2D eigenvalue weighted by Crippen LogP contribution is 2.19. The van der Waals surface area contributed by atoms with Gasteiger partial charge in [0.15, 0.2) is 0 Å². The average Bonchev–Trinajstić information content (AvgIpc) is 2.99. The van der Waals surface area contributed by atoms with Gasteiger partial charge in [0.1, 0.15) is 6.26 Å². The van der Waals surface area contributed by atoms with E-state index in [1.165, 1.54) is 0 Å². The first-order chi connectivity index (χ1) is 10.6. The summed E-state index contributed by atoms with van der Waals surface area (Å²) in [6, 6.07) is 9.77. The van der Waals surface area contributed by atoms with E-state index in [2.05, 4.69) is 4.98 Å². The Morgan fingerprint density at radius 2 is 2.09 bits per heavy atom. The molecule has 1 aromatic heterocycles. The summed E-state index contributed by atoms with van der Waals surface area (Å²) in [5.74, 6) is 0.613. The Labute approximate surface area is 129 Å². The molecule has 2 heterocycles. The molecule has 1 aromatic carbocycles. The largest absolute Gasteiger partial charge is 0.444 e. The van der Waals surface area contributed by atoms with Crippen LogP contribution < -0.4 is 0 Å². The van der Waals surface area contributed by atoms with Crippen molar-refractivity contribution in [3.05, 3.63) is 42.3 Å². The van der Waals surface area contributed by atoms with Gasteiger partial charge in [-0.25, -0.2) is 4.98 Å². The second-order valence-corrected chi connectivity index (χ2v) is 5.73. The normalized spacial score (nSPS) is 21.8. The minimum absolute atomic E-state index is 0.0653. The molecule has 3 rings (SSSR count).